The van der Waals surface area contributed by atoms with Gasteiger partial charge in [0.2, 0.25) is 11.8 Å². The number of amides is 2. The second-order valence-electron chi connectivity index (χ2n) is 4.93. The Kier molecular flexibility index (Phi) is 3.77. The molecule has 18 heavy (non-hydrogen) atoms. The number of carbonyl (C=O) groups excluding carboxylic acids is 2. The van der Waals surface area contributed by atoms with Crippen molar-refractivity contribution in [2.24, 2.45) is 11.7 Å². The van der Waals surface area contributed by atoms with Gasteiger partial charge in [-0.05, 0) is 11.5 Å². The van der Waals surface area contributed by atoms with Gasteiger partial charge in [-0.25, -0.2) is 0 Å². The van der Waals surface area contributed by atoms with Crippen molar-refractivity contribution in [3.05, 3.63) is 35.9 Å². The molecule has 1 heterocycles. The van der Waals surface area contributed by atoms with Crippen LogP contribution in [-0.4, -0.2) is 23.3 Å². The first kappa shape index (κ1) is 12.8. The van der Waals surface area contributed by atoms with Gasteiger partial charge in [0, 0.05) is 25.4 Å². The summed E-state index contributed by atoms with van der Waals surface area (Å²) in [5, 5.41) is 0. The van der Waals surface area contributed by atoms with Crippen molar-refractivity contribution in [2.75, 3.05) is 6.54 Å². The molecule has 0 saturated carbocycles. The molecule has 1 aromatic carbocycles. The lowest BCUT2D eigenvalue weighted by atomic mass is 9.97. The van der Waals surface area contributed by atoms with E-state index >= 15 is 0 Å². The van der Waals surface area contributed by atoms with Gasteiger partial charge >= 0.3 is 0 Å². The molecule has 96 valence electrons. The van der Waals surface area contributed by atoms with Gasteiger partial charge in [-0.15, -0.1) is 0 Å². The lowest BCUT2D eigenvalue weighted by Crippen LogP contribution is -2.45. The van der Waals surface area contributed by atoms with E-state index in [-0.39, 0.29) is 30.3 Å². The summed E-state index contributed by atoms with van der Waals surface area (Å²) in [5.41, 5.74) is 6.98. The molecule has 1 aliphatic rings. The number of carbonyl (C=O) groups is 2. The highest BCUT2D eigenvalue weighted by Gasteiger charge is 2.31. The Balaban J connectivity index is 2.05. The fourth-order valence-corrected chi connectivity index (χ4v) is 2.23. The molecule has 0 bridgehead atoms. The Morgan fingerprint density at radius 3 is 2.33 bits per heavy atom. The molecule has 4 nitrogen and oxygen atoms in total. The number of nitrogens with zero attached hydrogens (tertiary/aromatic N) is 1. The lowest BCUT2D eigenvalue weighted by Gasteiger charge is -2.30. The number of benzene rings is 1. The molecule has 1 unspecified atom stereocenters. The largest absolute Gasteiger partial charge is 0.322 e. The van der Waals surface area contributed by atoms with Crippen molar-refractivity contribution in [1.82, 2.24) is 4.90 Å². The van der Waals surface area contributed by atoms with E-state index in [4.69, 9.17) is 5.73 Å². The van der Waals surface area contributed by atoms with E-state index in [1.807, 2.05) is 37.3 Å². The third-order valence-electron chi connectivity index (χ3n) is 3.26. The highest BCUT2D eigenvalue weighted by Crippen LogP contribution is 2.21. The maximum absolute atomic E-state index is 11.8. The Morgan fingerprint density at radius 1 is 1.22 bits per heavy atom. The summed E-state index contributed by atoms with van der Waals surface area (Å²) in [6.45, 7) is 2.19. The first-order valence-corrected chi connectivity index (χ1v) is 6.21. The van der Waals surface area contributed by atoms with E-state index in [2.05, 4.69) is 0 Å². The Bertz CT molecular complexity index is 426. The molecule has 0 aliphatic carbocycles. The third-order valence-corrected chi connectivity index (χ3v) is 3.26. The third kappa shape index (κ3) is 2.76. The summed E-state index contributed by atoms with van der Waals surface area (Å²) >= 11 is 0. The van der Waals surface area contributed by atoms with Crippen molar-refractivity contribution >= 4 is 11.8 Å². The molecule has 1 aliphatic heterocycles. The summed E-state index contributed by atoms with van der Waals surface area (Å²) in [6.07, 6.45) is 0.875. The van der Waals surface area contributed by atoms with Gasteiger partial charge in [0.05, 0.1) is 0 Å². The van der Waals surface area contributed by atoms with Crippen LogP contribution >= 0.6 is 0 Å². The predicted molar refractivity (Wildman–Crippen MR) is 68.5 cm³/mol. The molecular weight excluding hydrogens is 228 g/mol. The minimum atomic E-state index is -0.312. The molecule has 2 rings (SSSR count). The molecule has 1 saturated heterocycles. The maximum Gasteiger partial charge on any atom is 0.229 e. The SMILES string of the molecule is CC1CC(=O)N(CC(N)c2ccccc2)C(=O)C1. The fraction of sp³-hybridized carbons (Fsp3) is 0.429. The van der Waals surface area contributed by atoms with Crippen molar-refractivity contribution < 1.29 is 9.59 Å². The summed E-state index contributed by atoms with van der Waals surface area (Å²) in [6, 6.07) is 9.22. The van der Waals surface area contributed by atoms with Crippen LogP contribution in [0.25, 0.3) is 0 Å². The first-order chi connectivity index (χ1) is 8.58. The summed E-state index contributed by atoms with van der Waals surface area (Å²) < 4.78 is 0. The number of nitrogens with two attached hydrogens (primary N) is 1. The minimum Gasteiger partial charge on any atom is -0.322 e. The van der Waals surface area contributed by atoms with E-state index < -0.39 is 0 Å². The van der Waals surface area contributed by atoms with Gasteiger partial charge in [0.15, 0.2) is 0 Å². The van der Waals surface area contributed by atoms with Crippen LogP contribution in [0.15, 0.2) is 30.3 Å². The molecule has 4 heteroatoms. The van der Waals surface area contributed by atoms with Crippen LogP contribution in [0.1, 0.15) is 31.4 Å². The standard InChI is InChI=1S/C14H18N2O2/c1-10-7-13(17)16(14(18)8-10)9-12(15)11-5-3-2-4-6-11/h2-6,10,12H,7-9,15H2,1H3. The highest BCUT2D eigenvalue weighted by molar-refractivity contribution is 5.97. The van der Waals surface area contributed by atoms with Gasteiger partial charge in [0.25, 0.3) is 0 Å². The number of hydrogen-bond donors (Lipinski definition) is 1. The van der Waals surface area contributed by atoms with E-state index in [9.17, 15) is 9.59 Å². The second kappa shape index (κ2) is 5.31. The van der Waals surface area contributed by atoms with Crippen molar-refractivity contribution in [1.29, 1.82) is 0 Å². The second-order valence-corrected chi connectivity index (χ2v) is 4.93. The van der Waals surface area contributed by atoms with E-state index in [0.717, 1.165) is 5.56 Å². The normalized spacial score (nSPS) is 19.1. The zero-order valence-corrected chi connectivity index (χ0v) is 10.5. The monoisotopic (exact) mass is 246 g/mol. The number of piperidine rings is 1. The van der Waals surface area contributed by atoms with Crippen LogP contribution in [0, 0.1) is 5.92 Å². The zero-order valence-electron chi connectivity index (χ0n) is 10.5. The molecule has 1 fully saturated rings. The molecule has 0 spiro atoms. The molecule has 0 radical (unpaired) electrons. The Morgan fingerprint density at radius 2 is 1.78 bits per heavy atom. The highest BCUT2D eigenvalue weighted by atomic mass is 16.2. The van der Waals surface area contributed by atoms with E-state index in [1.165, 1.54) is 4.90 Å². The van der Waals surface area contributed by atoms with Crippen LogP contribution in [-0.2, 0) is 9.59 Å². The van der Waals surface area contributed by atoms with Gasteiger partial charge in [-0.2, -0.15) is 0 Å². The van der Waals surface area contributed by atoms with Crippen LogP contribution in [0.3, 0.4) is 0 Å². The van der Waals surface area contributed by atoms with Crippen LogP contribution in [0.5, 0.6) is 0 Å². The fourth-order valence-electron chi connectivity index (χ4n) is 2.23. The average molecular weight is 246 g/mol. The number of rotatable bonds is 3. The van der Waals surface area contributed by atoms with Gasteiger partial charge in [-0.3, -0.25) is 14.5 Å². The first-order valence-electron chi connectivity index (χ1n) is 6.21. The van der Waals surface area contributed by atoms with Crippen LogP contribution in [0.2, 0.25) is 0 Å². The molecule has 2 amide bonds. The van der Waals surface area contributed by atoms with Gasteiger partial charge < -0.3 is 5.73 Å². The molecule has 1 atom stereocenters. The van der Waals surface area contributed by atoms with E-state index in [0.29, 0.717) is 12.8 Å². The van der Waals surface area contributed by atoms with Crippen molar-refractivity contribution in [3.63, 3.8) is 0 Å². The predicted octanol–water partition coefficient (Wildman–Crippen LogP) is 1.47. The molecule has 0 aromatic heterocycles. The quantitative estimate of drug-likeness (QED) is 0.821. The Labute approximate surface area is 107 Å². The topological polar surface area (TPSA) is 63.4 Å². The maximum atomic E-state index is 11.8. The molecule has 1 aromatic rings. The summed E-state index contributed by atoms with van der Waals surface area (Å²) in [5.74, 6) is -0.0653. The summed E-state index contributed by atoms with van der Waals surface area (Å²) in [4.78, 5) is 25.0. The number of likely N-dealkylation sites (tertiary alicyclic amines) is 1. The van der Waals surface area contributed by atoms with Crippen LogP contribution in [0.4, 0.5) is 0 Å². The van der Waals surface area contributed by atoms with Gasteiger partial charge in [-0.1, -0.05) is 37.3 Å². The number of imide groups is 1. The van der Waals surface area contributed by atoms with Crippen LogP contribution < -0.4 is 5.73 Å². The average Bonchev–Trinajstić information content (AvgIpc) is 2.34. The lowest BCUT2D eigenvalue weighted by molar-refractivity contribution is -0.150. The van der Waals surface area contributed by atoms with Crippen molar-refractivity contribution in [2.45, 2.75) is 25.8 Å². The minimum absolute atomic E-state index is 0.106. The smallest absolute Gasteiger partial charge is 0.229 e. The van der Waals surface area contributed by atoms with Gasteiger partial charge in [0.1, 0.15) is 0 Å². The zero-order chi connectivity index (χ0) is 13.1. The van der Waals surface area contributed by atoms with Crippen molar-refractivity contribution in [3.8, 4) is 0 Å². The Hall–Kier alpha value is -1.68. The summed E-state index contributed by atoms with van der Waals surface area (Å²) in [7, 11) is 0. The van der Waals surface area contributed by atoms with E-state index in [1.54, 1.807) is 0 Å². The molecule has 2 N–H and O–H groups in total. The number of hydrogen-bond acceptors (Lipinski definition) is 3. The molecular formula is C14H18N2O2.